The summed E-state index contributed by atoms with van der Waals surface area (Å²) >= 11 is 0. The van der Waals surface area contributed by atoms with E-state index in [1.54, 1.807) is 24.3 Å². The van der Waals surface area contributed by atoms with Crippen LogP contribution in [0.5, 0.6) is 11.5 Å². The summed E-state index contributed by atoms with van der Waals surface area (Å²) in [6.45, 7) is -0.346. The van der Waals surface area contributed by atoms with Gasteiger partial charge in [-0.2, -0.15) is 0 Å². The molecule has 4 heteroatoms. The second-order valence-corrected chi connectivity index (χ2v) is 2.63. The number of aldehydes is 1. The molecule has 0 aliphatic rings. The summed E-state index contributed by atoms with van der Waals surface area (Å²) in [7, 11) is 1.51. The van der Waals surface area contributed by atoms with E-state index in [-0.39, 0.29) is 6.61 Å². The quantitative estimate of drug-likeness (QED) is 0.702. The van der Waals surface area contributed by atoms with Gasteiger partial charge in [-0.15, -0.1) is 0 Å². The Labute approximate surface area is 82.1 Å². The number of aliphatic hydroxyl groups is 1. The predicted molar refractivity (Wildman–Crippen MR) is 50.6 cm³/mol. The second kappa shape index (κ2) is 5.24. The van der Waals surface area contributed by atoms with Gasteiger partial charge < -0.3 is 14.6 Å². The fourth-order valence-corrected chi connectivity index (χ4v) is 0.987. The van der Waals surface area contributed by atoms with E-state index in [0.717, 1.165) is 0 Å². The van der Waals surface area contributed by atoms with Crippen LogP contribution in [0.25, 0.3) is 0 Å². The zero-order chi connectivity index (χ0) is 10.4. The van der Waals surface area contributed by atoms with Gasteiger partial charge in [-0.25, -0.2) is 0 Å². The number of methoxy groups -OCH3 is 1. The topological polar surface area (TPSA) is 55.8 Å². The van der Waals surface area contributed by atoms with Gasteiger partial charge in [0.15, 0.2) is 23.9 Å². The van der Waals surface area contributed by atoms with Crippen LogP contribution in [0.1, 0.15) is 0 Å². The average Bonchev–Trinajstić information content (AvgIpc) is 2.26. The summed E-state index contributed by atoms with van der Waals surface area (Å²) in [4.78, 5) is 10.4. The molecule has 0 aromatic heterocycles. The van der Waals surface area contributed by atoms with Crippen LogP contribution in [0.15, 0.2) is 24.3 Å². The highest BCUT2D eigenvalue weighted by Crippen LogP contribution is 2.26. The van der Waals surface area contributed by atoms with Crippen LogP contribution in [-0.4, -0.2) is 31.2 Å². The van der Waals surface area contributed by atoms with E-state index in [1.807, 2.05) is 0 Å². The Balaban J connectivity index is 2.78. The van der Waals surface area contributed by atoms with Gasteiger partial charge in [-0.05, 0) is 12.1 Å². The Bertz CT molecular complexity index is 298. The molecule has 0 aliphatic carbocycles. The van der Waals surface area contributed by atoms with Crippen LogP contribution < -0.4 is 9.47 Å². The second-order valence-electron chi connectivity index (χ2n) is 2.63. The first-order chi connectivity index (χ1) is 6.81. The van der Waals surface area contributed by atoms with Gasteiger partial charge in [-0.3, -0.25) is 4.79 Å². The summed E-state index contributed by atoms with van der Waals surface area (Å²) in [5.41, 5.74) is 0. The Morgan fingerprint density at radius 3 is 2.57 bits per heavy atom. The normalized spacial score (nSPS) is 11.9. The maximum absolute atomic E-state index is 10.4. The molecule has 4 nitrogen and oxygen atoms in total. The Morgan fingerprint density at radius 2 is 2.07 bits per heavy atom. The maximum atomic E-state index is 10.4. The lowest BCUT2D eigenvalue weighted by Gasteiger charge is -2.13. The number of carbonyl (C=O) groups excluding carboxylic acids is 1. The van der Waals surface area contributed by atoms with Crippen molar-refractivity contribution < 1.29 is 19.4 Å². The van der Waals surface area contributed by atoms with Crippen LogP contribution in [0.3, 0.4) is 0 Å². The van der Waals surface area contributed by atoms with Crippen LogP contribution in [0.4, 0.5) is 0 Å². The van der Waals surface area contributed by atoms with Crippen molar-refractivity contribution in [2.45, 2.75) is 6.10 Å². The zero-order valence-corrected chi connectivity index (χ0v) is 7.84. The average molecular weight is 196 g/mol. The molecule has 0 fully saturated rings. The fraction of sp³-hybridized carbons (Fsp3) is 0.300. The van der Waals surface area contributed by atoms with Crippen molar-refractivity contribution >= 4 is 6.29 Å². The number of rotatable bonds is 5. The van der Waals surface area contributed by atoms with Crippen molar-refractivity contribution in [2.75, 3.05) is 13.7 Å². The number of carbonyl (C=O) groups is 1. The molecule has 0 bridgehead atoms. The minimum absolute atomic E-state index is 0.346. The molecule has 0 unspecified atom stereocenters. The first kappa shape index (κ1) is 10.5. The standard InChI is InChI=1S/C10H12O4/c1-13-9-4-2-3-5-10(9)14-8(6-11)7-12/h2-6,8,12H,7H2,1H3/t8-/m0/s1. The molecule has 0 aliphatic heterocycles. The molecule has 76 valence electrons. The lowest BCUT2D eigenvalue weighted by Crippen LogP contribution is -2.22. The molecular formula is C10H12O4. The molecule has 0 amide bonds. The predicted octanol–water partition coefficient (Wildman–Crippen LogP) is 0.634. The monoisotopic (exact) mass is 196 g/mol. The third-order valence-corrected chi connectivity index (χ3v) is 1.68. The molecule has 0 spiro atoms. The van der Waals surface area contributed by atoms with Gasteiger partial charge in [0.2, 0.25) is 0 Å². The highest BCUT2D eigenvalue weighted by atomic mass is 16.5. The smallest absolute Gasteiger partial charge is 0.177 e. The van der Waals surface area contributed by atoms with Gasteiger partial charge >= 0.3 is 0 Å². The summed E-state index contributed by atoms with van der Waals surface area (Å²) < 4.78 is 10.2. The number of hydrogen-bond acceptors (Lipinski definition) is 4. The molecule has 0 saturated heterocycles. The number of hydrogen-bond donors (Lipinski definition) is 1. The molecule has 0 heterocycles. The lowest BCUT2D eigenvalue weighted by molar-refractivity contribution is -0.115. The number of aliphatic hydroxyl groups excluding tert-OH is 1. The van der Waals surface area contributed by atoms with Crippen LogP contribution in [0.2, 0.25) is 0 Å². The Hall–Kier alpha value is -1.55. The van der Waals surface area contributed by atoms with E-state index < -0.39 is 6.10 Å². The third-order valence-electron chi connectivity index (χ3n) is 1.68. The van der Waals surface area contributed by atoms with Crippen LogP contribution >= 0.6 is 0 Å². The number of benzene rings is 1. The van der Waals surface area contributed by atoms with E-state index in [0.29, 0.717) is 17.8 Å². The number of ether oxygens (including phenoxy) is 2. The van der Waals surface area contributed by atoms with Crippen molar-refractivity contribution in [3.05, 3.63) is 24.3 Å². The molecular weight excluding hydrogens is 184 g/mol. The van der Waals surface area contributed by atoms with Crippen molar-refractivity contribution in [3.8, 4) is 11.5 Å². The summed E-state index contributed by atoms with van der Waals surface area (Å²) in [6, 6.07) is 6.94. The van der Waals surface area contributed by atoms with E-state index in [9.17, 15) is 4.79 Å². The van der Waals surface area contributed by atoms with Crippen LogP contribution in [-0.2, 0) is 4.79 Å². The largest absolute Gasteiger partial charge is 0.493 e. The SMILES string of the molecule is COc1ccccc1O[C@@H](C=O)CO. The Kier molecular flexibility index (Phi) is 3.94. The summed E-state index contributed by atoms with van der Waals surface area (Å²) in [5.74, 6) is 0.981. The first-order valence-corrected chi connectivity index (χ1v) is 4.17. The van der Waals surface area contributed by atoms with E-state index >= 15 is 0 Å². The number of para-hydroxylation sites is 2. The maximum Gasteiger partial charge on any atom is 0.177 e. The zero-order valence-electron chi connectivity index (χ0n) is 7.84. The summed E-state index contributed by atoms with van der Waals surface area (Å²) in [6.07, 6.45) is -0.293. The van der Waals surface area contributed by atoms with E-state index in [2.05, 4.69) is 0 Å². The molecule has 1 atom stereocenters. The minimum Gasteiger partial charge on any atom is -0.493 e. The van der Waals surface area contributed by atoms with E-state index in [1.165, 1.54) is 7.11 Å². The lowest BCUT2D eigenvalue weighted by atomic mass is 10.3. The molecule has 1 aromatic carbocycles. The van der Waals surface area contributed by atoms with Gasteiger partial charge in [-0.1, -0.05) is 12.1 Å². The molecule has 1 aromatic rings. The molecule has 14 heavy (non-hydrogen) atoms. The summed E-state index contributed by atoms with van der Waals surface area (Å²) in [5, 5.41) is 8.75. The van der Waals surface area contributed by atoms with Gasteiger partial charge in [0, 0.05) is 0 Å². The molecule has 1 N–H and O–H groups in total. The van der Waals surface area contributed by atoms with Gasteiger partial charge in [0.05, 0.1) is 13.7 Å². The van der Waals surface area contributed by atoms with Crippen molar-refractivity contribution in [1.82, 2.24) is 0 Å². The molecule has 0 saturated carbocycles. The Morgan fingerprint density at radius 1 is 1.43 bits per heavy atom. The van der Waals surface area contributed by atoms with E-state index in [4.69, 9.17) is 14.6 Å². The fourth-order valence-electron chi connectivity index (χ4n) is 0.987. The minimum atomic E-state index is -0.841. The van der Waals surface area contributed by atoms with Crippen molar-refractivity contribution in [1.29, 1.82) is 0 Å². The molecule has 1 rings (SSSR count). The van der Waals surface area contributed by atoms with Crippen LogP contribution in [0, 0.1) is 0 Å². The van der Waals surface area contributed by atoms with Gasteiger partial charge in [0.25, 0.3) is 0 Å². The highest BCUT2D eigenvalue weighted by molar-refractivity contribution is 5.57. The van der Waals surface area contributed by atoms with Crippen molar-refractivity contribution in [3.63, 3.8) is 0 Å². The third kappa shape index (κ3) is 2.47. The highest BCUT2D eigenvalue weighted by Gasteiger charge is 2.10. The first-order valence-electron chi connectivity index (χ1n) is 4.17. The molecule has 0 radical (unpaired) electrons. The van der Waals surface area contributed by atoms with Crippen molar-refractivity contribution in [2.24, 2.45) is 0 Å². The van der Waals surface area contributed by atoms with Gasteiger partial charge in [0.1, 0.15) is 0 Å².